The van der Waals surface area contributed by atoms with Crippen molar-refractivity contribution < 1.29 is 18.0 Å². The number of carbonyl (C=O) groups excluding carboxylic acids is 1. The molecule has 1 atom stereocenters. The number of hydrogen-bond acceptors (Lipinski definition) is 3. The summed E-state index contributed by atoms with van der Waals surface area (Å²) in [6, 6.07) is 2.88. The molecule has 6 heteroatoms. The molecule has 1 heterocycles. The summed E-state index contributed by atoms with van der Waals surface area (Å²) in [5.74, 6) is -0.379. The summed E-state index contributed by atoms with van der Waals surface area (Å²) in [5.41, 5.74) is 4.78. The fourth-order valence-electron chi connectivity index (χ4n) is 2.06. The van der Waals surface area contributed by atoms with E-state index < -0.39 is 11.7 Å². The predicted molar refractivity (Wildman–Crippen MR) is 61.2 cm³/mol. The molecule has 2 rings (SSSR count). The van der Waals surface area contributed by atoms with Gasteiger partial charge in [-0.15, -0.1) is 0 Å². The zero-order chi connectivity index (χ0) is 13.3. The van der Waals surface area contributed by atoms with Crippen molar-refractivity contribution in [2.24, 2.45) is 5.92 Å². The number of Topliss-reactive ketones (excluding diaryl/α,β-unsaturated/α-hetero) is 1. The van der Waals surface area contributed by atoms with Gasteiger partial charge in [-0.05, 0) is 31.2 Å². The Morgan fingerprint density at radius 1 is 1.39 bits per heavy atom. The van der Waals surface area contributed by atoms with Crippen LogP contribution < -0.4 is 11.1 Å². The first kappa shape index (κ1) is 12.9. The van der Waals surface area contributed by atoms with Crippen LogP contribution in [0.4, 0.5) is 18.9 Å². The average molecular weight is 258 g/mol. The first-order chi connectivity index (χ1) is 8.39. The van der Waals surface area contributed by atoms with Gasteiger partial charge in [-0.1, -0.05) is 0 Å². The molecule has 1 aliphatic rings. The maximum atomic E-state index is 12.5. The third kappa shape index (κ3) is 2.48. The van der Waals surface area contributed by atoms with Crippen LogP contribution in [0, 0.1) is 5.92 Å². The van der Waals surface area contributed by atoms with Gasteiger partial charge >= 0.3 is 6.18 Å². The highest BCUT2D eigenvalue weighted by Gasteiger charge is 2.32. The molecule has 1 aromatic rings. The van der Waals surface area contributed by atoms with Crippen LogP contribution in [-0.2, 0) is 6.18 Å². The summed E-state index contributed by atoms with van der Waals surface area (Å²) in [5, 5.41) is 3.04. The number of anilines is 1. The third-order valence-corrected chi connectivity index (χ3v) is 3.08. The molecule has 0 amide bonds. The van der Waals surface area contributed by atoms with E-state index in [1.165, 1.54) is 6.07 Å². The van der Waals surface area contributed by atoms with E-state index in [0.717, 1.165) is 18.7 Å². The molecule has 3 nitrogen and oxygen atoms in total. The molecule has 1 unspecified atom stereocenters. The Labute approximate surface area is 102 Å². The van der Waals surface area contributed by atoms with E-state index in [9.17, 15) is 18.0 Å². The molecule has 18 heavy (non-hydrogen) atoms. The van der Waals surface area contributed by atoms with Crippen molar-refractivity contribution in [3.05, 3.63) is 29.3 Å². The standard InChI is InChI=1S/C12H13F3N2O/c13-12(14,15)8-1-2-9(10(16)5-8)11(18)7-3-4-17-6-7/h1-2,5,7,17H,3-4,6,16H2. The Bertz CT molecular complexity index is 465. The predicted octanol–water partition coefficient (Wildman–Crippen LogP) is 2.08. The molecule has 0 bridgehead atoms. The van der Waals surface area contributed by atoms with Crippen LogP contribution in [0.1, 0.15) is 22.3 Å². The van der Waals surface area contributed by atoms with Crippen LogP contribution >= 0.6 is 0 Å². The first-order valence-electron chi connectivity index (χ1n) is 5.61. The van der Waals surface area contributed by atoms with E-state index >= 15 is 0 Å². The lowest BCUT2D eigenvalue weighted by Gasteiger charge is -2.12. The molecule has 0 aromatic heterocycles. The fraction of sp³-hybridized carbons (Fsp3) is 0.417. The van der Waals surface area contributed by atoms with E-state index in [-0.39, 0.29) is 23.0 Å². The topological polar surface area (TPSA) is 55.1 Å². The molecule has 0 spiro atoms. The third-order valence-electron chi connectivity index (χ3n) is 3.08. The van der Waals surface area contributed by atoms with Crippen LogP contribution in [0.5, 0.6) is 0 Å². The Kier molecular flexibility index (Phi) is 3.30. The minimum Gasteiger partial charge on any atom is -0.398 e. The van der Waals surface area contributed by atoms with Crippen molar-refractivity contribution >= 4 is 11.5 Å². The summed E-state index contributed by atoms with van der Waals surface area (Å²) < 4.78 is 37.4. The van der Waals surface area contributed by atoms with Crippen LogP contribution in [0.25, 0.3) is 0 Å². The number of nitrogens with one attached hydrogen (secondary N) is 1. The Balaban J connectivity index is 2.27. The molecule has 1 saturated heterocycles. The number of nitrogen functional groups attached to an aromatic ring is 1. The zero-order valence-corrected chi connectivity index (χ0v) is 9.55. The van der Waals surface area contributed by atoms with Crippen molar-refractivity contribution in [2.45, 2.75) is 12.6 Å². The molecule has 1 aromatic carbocycles. The van der Waals surface area contributed by atoms with Crippen molar-refractivity contribution in [1.82, 2.24) is 5.32 Å². The van der Waals surface area contributed by atoms with Gasteiger partial charge in [0.1, 0.15) is 0 Å². The molecule has 0 radical (unpaired) electrons. The summed E-state index contributed by atoms with van der Waals surface area (Å²) >= 11 is 0. The number of rotatable bonds is 2. The second-order valence-corrected chi connectivity index (χ2v) is 4.35. The number of alkyl halides is 3. The largest absolute Gasteiger partial charge is 0.416 e. The second kappa shape index (κ2) is 4.61. The van der Waals surface area contributed by atoms with Crippen LogP contribution in [0.15, 0.2) is 18.2 Å². The molecule has 0 saturated carbocycles. The lowest BCUT2D eigenvalue weighted by atomic mass is 9.95. The van der Waals surface area contributed by atoms with Crippen LogP contribution in [-0.4, -0.2) is 18.9 Å². The van der Waals surface area contributed by atoms with Gasteiger partial charge in [0, 0.05) is 23.7 Å². The molecular weight excluding hydrogens is 245 g/mol. The minimum absolute atomic E-state index is 0.110. The SMILES string of the molecule is Nc1cc(C(F)(F)F)ccc1C(=O)C1CCNC1. The summed E-state index contributed by atoms with van der Waals surface area (Å²) in [4.78, 5) is 12.0. The summed E-state index contributed by atoms with van der Waals surface area (Å²) in [6.07, 6.45) is -3.75. The van der Waals surface area contributed by atoms with Gasteiger partial charge in [-0.2, -0.15) is 13.2 Å². The van der Waals surface area contributed by atoms with Gasteiger partial charge in [0.25, 0.3) is 0 Å². The van der Waals surface area contributed by atoms with Crippen molar-refractivity contribution in [3.8, 4) is 0 Å². The Morgan fingerprint density at radius 3 is 2.61 bits per heavy atom. The monoisotopic (exact) mass is 258 g/mol. The second-order valence-electron chi connectivity index (χ2n) is 4.35. The van der Waals surface area contributed by atoms with E-state index in [2.05, 4.69) is 5.32 Å². The average Bonchev–Trinajstić information content (AvgIpc) is 2.80. The van der Waals surface area contributed by atoms with Gasteiger partial charge in [0.05, 0.1) is 5.56 Å². The maximum Gasteiger partial charge on any atom is 0.416 e. The van der Waals surface area contributed by atoms with Gasteiger partial charge < -0.3 is 11.1 Å². The van der Waals surface area contributed by atoms with E-state index in [1.807, 2.05) is 0 Å². The number of nitrogens with two attached hydrogens (primary N) is 1. The number of carbonyl (C=O) groups is 1. The van der Waals surface area contributed by atoms with Crippen molar-refractivity contribution in [3.63, 3.8) is 0 Å². The smallest absolute Gasteiger partial charge is 0.398 e. The Hall–Kier alpha value is -1.56. The number of halogens is 3. The number of ketones is 1. The highest BCUT2D eigenvalue weighted by atomic mass is 19.4. The van der Waals surface area contributed by atoms with E-state index in [1.54, 1.807) is 0 Å². The lowest BCUT2D eigenvalue weighted by Crippen LogP contribution is -2.19. The number of hydrogen-bond donors (Lipinski definition) is 2. The normalized spacial score (nSPS) is 20.1. The minimum atomic E-state index is -4.44. The quantitative estimate of drug-likeness (QED) is 0.630. The molecule has 0 aliphatic carbocycles. The van der Waals surface area contributed by atoms with E-state index in [4.69, 9.17) is 5.73 Å². The zero-order valence-electron chi connectivity index (χ0n) is 9.55. The van der Waals surface area contributed by atoms with Gasteiger partial charge in [-0.25, -0.2) is 0 Å². The molecule has 3 N–H and O–H groups in total. The number of benzene rings is 1. The lowest BCUT2D eigenvalue weighted by molar-refractivity contribution is -0.137. The fourth-order valence-corrected chi connectivity index (χ4v) is 2.06. The molecule has 1 fully saturated rings. The van der Waals surface area contributed by atoms with Crippen LogP contribution in [0.2, 0.25) is 0 Å². The molecule has 1 aliphatic heterocycles. The first-order valence-corrected chi connectivity index (χ1v) is 5.61. The highest BCUT2D eigenvalue weighted by molar-refractivity contribution is 6.02. The maximum absolute atomic E-state index is 12.5. The van der Waals surface area contributed by atoms with Gasteiger partial charge in [0.2, 0.25) is 0 Å². The highest BCUT2D eigenvalue weighted by Crippen LogP contribution is 2.32. The van der Waals surface area contributed by atoms with Crippen molar-refractivity contribution in [1.29, 1.82) is 0 Å². The molecular formula is C12H13F3N2O. The Morgan fingerprint density at radius 2 is 2.11 bits per heavy atom. The van der Waals surface area contributed by atoms with E-state index in [0.29, 0.717) is 13.0 Å². The van der Waals surface area contributed by atoms with Crippen molar-refractivity contribution in [2.75, 3.05) is 18.8 Å². The summed E-state index contributed by atoms with van der Waals surface area (Å²) in [6.45, 7) is 1.30. The summed E-state index contributed by atoms with van der Waals surface area (Å²) in [7, 11) is 0. The molecule has 98 valence electrons. The van der Waals surface area contributed by atoms with Gasteiger partial charge in [0.15, 0.2) is 5.78 Å². The van der Waals surface area contributed by atoms with Crippen LogP contribution in [0.3, 0.4) is 0 Å². The van der Waals surface area contributed by atoms with Gasteiger partial charge in [-0.3, -0.25) is 4.79 Å².